The number of piperazine rings is 1. The minimum atomic E-state index is -0.0118. The maximum Gasteiger partial charge on any atom is 0.237 e. The molecule has 5 heteroatoms. The Labute approximate surface area is 129 Å². The fraction of sp³-hybridized carbons (Fsp3) is 0.938. The number of nitrogens with one attached hydrogen (secondary N) is 1. The molecule has 2 aliphatic rings. The minimum Gasteiger partial charge on any atom is -0.352 e. The van der Waals surface area contributed by atoms with Gasteiger partial charge in [0.15, 0.2) is 0 Å². The lowest BCUT2D eigenvalue weighted by molar-refractivity contribution is -0.127. The molecule has 0 aromatic heterocycles. The number of nitrogens with zero attached hydrogens (tertiary/aromatic N) is 2. The molecule has 5 nitrogen and oxygen atoms in total. The van der Waals surface area contributed by atoms with Crippen molar-refractivity contribution < 1.29 is 4.79 Å². The van der Waals surface area contributed by atoms with Crippen molar-refractivity contribution >= 4 is 5.91 Å². The third-order valence-corrected chi connectivity index (χ3v) is 5.19. The molecule has 1 heterocycles. The van der Waals surface area contributed by atoms with E-state index in [1.807, 2.05) is 6.92 Å². The molecule has 1 aliphatic carbocycles. The van der Waals surface area contributed by atoms with Gasteiger partial charge in [-0.05, 0) is 26.7 Å². The molecule has 122 valence electrons. The van der Waals surface area contributed by atoms with Crippen LogP contribution in [-0.4, -0.2) is 66.6 Å². The number of nitrogens with two attached hydrogens (primary N) is 1. The first-order valence-electron chi connectivity index (χ1n) is 8.60. The molecule has 0 radical (unpaired) electrons. The summed E-state index contributed by atoms with van der Waals surface area (Å²) in [6.07, 6.45) is 6.15. The highest BCUT2D eigenvalue weighted by Crippen LogP contribution is 2.18. The number of carbonyl (C=O) groups is 1. The third-order valence-electron chi connectivity index (χ3n) is 5.19. The lowest BCUT2D eigenvalue weighted by Crippen LogP contribution is -2.57. The zero-order valence-corrected chi connectivity index (χ0v) is 13.7. The molecule has 21 heavy (non-hydrogen) atoms. The lowest BCUT2D eigenvalue weighted by atomic mass is 9.95. The van der Waals surface area contributed by atoms with Crippen molar-refractivity contribution in [3.8, 4) is 0 Å². The molecule has 0 aromatic rings. The average molecular weight is 296 g/mol. The van der Waals surface area contributed by atoms with E-state index in [1.165, 1.54) is 19.3 Å². The number of hydrogen-bond acceptors (Lipinski definition) is 4. The molecular formula is C16H32N4O. The van der Waals surface area contributed by atoms with Gasteiger partial charge in [0.1, 0.15) is 0 Å². The molecule has 1 amide bonds. The van der Waals surface area contributed by atoms with Crippen LogP contribution in [0.4, 0.5) is 0 Å². The highest BCUT2D eigenvalue weighted by molar-refractivity contribution is 5.81. The monoisotopic (exact) mass is 296 g/mol. The second-order valence-electron chi connectivity index (χ2n) is 6.68. The lowest BCUT2D eigenvalue weighted by Gasteiger charge is -2.40. The molecule has 2 fully saturated rings. The van der Waals surface area contributed by atoms with Crippen LogP contribution >= 0.6 is 0 Å². The summed E-state index contributed by atoms with van der Waals surface area (Å²) >= 11 is 0. The van der Waals surface area contributed by atoms with Gasteiger partial charge in [-0.15, -0.1) is 0 Å². The van der Waals surface area contributed by atoms with Gasteiger partial charge in [-0.1, -0.05) is 19.3 Å². The van der Waals surface area contributed by atoms with Gasteiger partial charge in [0.2, 0.25) is 5.91 Å². The second-order valence-corrected chi connectivity index (χ2v) is 6.68. The van der Waals surface area contributed by atoms with E-state index in [2.05, 4.69) is 22.0 Å². The molecule has 0 spiro atoms. The van der Waals surface area contributed by atoms with Crippen molar-refractivity contribution in [3.63, 3.8) is 0 Å². The van der Waals surface area contributed by atoms with Crippen LogP contribution in [0.5, 0.6) is 0 Å². The van der Waals surface area contributed by atoms with Crippen molar-refractivity contribution in [1.82, 2.24) is 15.1 Å². The van der Waals surface area contributed by atoms with Crippen molar-refractivity contribution in [1.29, 1.82) is 0 Å². The Morgan fingerprint density at radius 3 is 2.24 bits per heavy atom. The SMILES string of the molecule is CC(CN)N1CCN(C(C)C(=O)NC2CCCCC2)CC1. The van der Waals surface area contributed by atoms with Crippen molar-refractivity contribution in [2.75, 3.05) is 32.7 Å². The van der Waals surface area contributed by atoms with Crippen molar-refractivity contribution in [2.45, 2.75) is 64.1 Å². The Morgan fingerprint density at radius 2 is 1.67 bits per heavy atom. The normalized spacial score (nSPS) is 25.5. The van der Waals surface area contributed by atoms with Gasteiger partial charge < -0.3 is 11.1 Å². The third kappa shape index (κ3) is 4.66. The Morgan fingerprint density at radius 1 is 1.10 bits per heavy atom. The number of hydrogen-bond donors (Lipinski definition) is 2. The minimum absolute atomic E-state index is 0.0118. The molecule has 2 atom stereocenters. The topological polar surface area (TPSA) is 61.6 Å². The van der Waals surface area contributed by atoms with Gasteiger partial charge in [-0.2, -0.15) is 0 Å². The fourth-order valence-corrected chi connectivity index (χ4v) is 3.45. The molecular weight excluding hydrogens is 264 g/mol. The standard InChI is InChI=1S/C16H32N4O/c1-13(12-17)19-8-10-20(11-9-19)14(2)16(21)18-15-6-4-3-5-7-15/h13-15H,3-12,17H2,1-2H3,(H,18,21). The van der Waals surface area contributed by atoms with E-state index in [0.29, 0.717) is 18.6 Å². The Bertz CT molecular complexity index is 322. The zero-order chi connectivity index (χ0) is 15.2. The fourth-order valence-electron chi connectivity index (χ4n) is 3.45. The van der Waals surface area contributed by atoms with Crippen molar-refractivity contribution in [2.24, 2.45) is 5.73 Å². The first kappa shape index (κ1) is 16.7. The summed E-state index contributed by atoms with van der Waals surface area (Å²) in [6, 6.07) is 0.841. The Balaban J connectivity index is 1.75. The van der Waals surface area contributed by atoms with Gasteiger partial charge in [0.05, 0.1) is 6.04 Å². The summed E-state index contributed by atoms with van der Waals surface area (Å²) in [5.74, 6) is 0.210. The predicted octanol–water partition coefficient (Wildman–Crippen LogP) is 0.789. The number of rotatable bonds is 5. The molecule has 2 rings (SSSR count). The van der Waals surface area contributed by atoms with E-state index in [0.717, 1.165) is 39.0 Å². The maximum absolute atomic E-state index is 12.4. The smallest absolute Gasteiger partial charge is 0.237 e. The summed E-state index contributed by atoms with van der Waals surface area (Å²) < 4.78 is 0. The first-order chi connectivity index (χ1) is 10.1. The molecule has 1 saturated heterocycles. The molecule has 3 N–H and O–H groups in total. The second kappa shape index (κ2) is 8.11. The summed E-state index contributed by atoms with van der Waals surface area (Å²) in [5.41, 5.74) is 5.73. The Kier molecular flexibility index (Phi) is 6.45. The molecule has 1 aliphatic heterocycles. The van der Waals surface area contributed by atoms with Crippen LogP contribution in [0.1, 0.15) is 46.0 Å². The summed E-state index contributed by atoms with van der Waals surface area (Å²) in [5, 5.41) is 3.25. The van der Waals surface area contributed by atoms with Crippen LogP contribution in [0.25, 0.3) is 0 Å². The van der Waals surface area contributed by atoms with Crippen LogP contribution < -0.4 is 11.1 Å². The van der Waals surface area contributed by atoms with Gasteiger partial charge in [0, 0.05) is 44.8 Å². The molecule has 0 bridgehead atoms. The molecule has 0 aromatic carbocycles. The van der Waals surface area contributed by atoms with Crippen LogP contribution in [0.2, 0.25) is 0 Å². The number of amides is 1. The highest BCUT2D eigenvalue weighted by atomic mass is 16.2. The summed E-state index contributed by atoms with van der Waals surface area (Å²) in [7, 11) is 0. The molecule has 1 saturated carbocycles. The van der Waals surface area contributed by atoms with Gasteiger partial charge in [-0.3, -0.25) is 14.6 Å². The predicted molar refractivity (Wildman–Crippen MR) is 86.1 cm³/mol. The van der Waals surface area contributed by atoms with Crippen LogP contribution in [0.3, 0.4) is 0 Å². The van der Waals surface area contributed by atoms with Crippen molar-refractivity contribution in [3.05, 3.63) is 0 Å². The van der Waals surface area contributed by atoms with Crippen LogP contribution in [0, 0.1) is 0 Å². The quantitative estimate of drug-likeness (QED) is 0.787. The van der Waals surface area contributed by atoms with E-state index in [1.54, 1.807) is 0 Å². The van der Waals surface area contributed by atoms with E-state index in [9.17, 15) is 4.79 Å². The van der Waals surface area contributed by atoms with E-state index >= 15 is 0 Å². The van der Waals surface area contributed by atoms with Crippen LogP contribution in [0.15, 0.2) is 0 Å². The summed E-state index contributed by atoms with van der Waals surface area (Å²) in [6.45, 7) is 8.87. The Hall–Kier alpha value is -0.650. The van der Waals surface area contributed by atoms with E-state index in [4.69, 9.17) is 5.73 Å². The van der Waals surface area contributed by atoms with Gasteiger partial charge >= 0.3 is 0 Å². The van der Waals surface area contributed by atoms with E-state index < -0.39 is 0 Å². The maximum atomic E-state index is 12.4. The van der Waals surface area contributed by atoms with Gasteiger partial charge in [-0.25, -0.2) is 0 Å². The zero-order valence-electron chi connectivity index (χ0n) is 13.7. The summed E-state index contributed by atoms with van der Waals surface area (Å²) in [4.78, 5) is 17.1. The first-order valence-corrected chi connectivity index (χ1v) is 8.60. The highest BCUT2D eigenvalue weighted by Gasteiger charge is 2.28. The van der Waals surface area contributed by atoms with Crippen LogP contribution in [-0.2, 0) is 4.79 Å². The van der Waals surface area contributed by atoms with Gasteiger partial charge in [0.25, 0.3) is 0 Å². The largest absolute Gasteiger partial charge is 0.352 e. The average Bonchev–Trinajstić information content (AvgIpc) is 2.54. The van der Waals surface area contributed by atoms with E-state index in [-0.39, 0.29) is 11.9 Å². The number of carbonyl (C=O) groups excluding carboxylic acids is 1. The molecule has 2 unspecified atom stereocenters.